The molecule has 0 spiro atoms. The summed E-state index contributed by atoms with van der Waals surface area (Å²) >= 11 is 0. The first kappa shape index (κ1) is 9.00. The van der Waals surface area contributed by atoms with Crippen LogP contribution in [-0.4, -0.2) is 4.57 Å². The van der Waals surface area contributed by atoms with Crippen molar-refractivity contribution in [3.63, 3.8) is 0 Å². The number of aryl methyl sites for hydroxylation is 1. The van der Waals surface area contributed by atoms with Crippen molar-refractivity contribution in [1.29, 1.82) is 0 Å². The van der Waals surface area contributed by atoms with Gasteiger partial charge < -0.3 is 4.57 Å². The molecular formula is C12H13NO. The summed E-state index contributed by atoms with van der Waals surface area (Å²) in [6.07, 6.45) is 0.980. The molecule has 0 bridgehead atoms. The summed E-state index contributed by atoms with van der Waals surface area (Å²) < 4.78 is 1.83. The second-order valence-corrected chi connectivity index (χ2v) is 3.38. The summed E-state index contributed by atoms with van der Waals surface area (Å²) in [7, 11) is 0. The van der Waals surface area contributed by atoms with Crippen LogP contribution >= 0.6 is 0 Å². The van der Waals surface area contributed by atoms with Crippen LogP contribution in [0.15, 0.2) is 41.2 Å². The molecule has 1 aromatic heterocycles. The van der Waals surface area contributed by atoms with Crippen LogP contribution in [0.1, 0.15) is 13.3 Å². The van der Waals surface area contributed by atoms with Crippen molar-refractivity contribution in [3.8, 4) is 0 Å². The van der Waals surface area contributed by atoms with E-state index in [1.165, 1.54) is 0 Å². The van der Waals surface area contributed by atoms with Gasteiger partial charge >= 0.3 is 0 Å². The minimum absolute atomic E-state index is 0.0885. The quantitative estimate of drug-likeness (QED) is 0.707. The highest BCUT2D eigenvalue weighted by atomic mass is 16.1. The molecule has 0 radical (unpaired) electrons. The fourth-order valence-electron chi connectivity index (χ4n) is 1.70. The molecule has 14 heavy (non-hydrogen) atoms. The second-order valence-electron chi connectivity index (χ2n) is 3.38. The number of aromatic nitrogens is 1. The zero-order chi connectivity index (χ0) is 9.97. The number of hydrogen-bond donors (Lipinski definition) is 0. The molecule has 0 saturated heterocycles. The van der Waals surface area contributed by atoms with E-state index >= 15 is 0 Å². The molecule has 0 saturated carbocycles. The molecule has 0 aliphatic rings. The first-order valence-electron chi connectivity index (χ1n) is 4.91. The lowest BCUT2D eigenvalue weighted by molar-refractivity contribution is 0.678. The van der Waals surface area contributed by atoms with Crippen LogP contribution in [0.2, 0.25) is 0 Å². The maximum atomic E-state index is 11.6. The monoisotopic (exact) mass is 187 g/mol. The van der Waals surface area contributed by atoms with Crippen molar-refractivity contribution in [2.24, 2.45) is 0 Å². The number of para-hydroxylation sites is 1. The van der Waals surface area contributed by atoms with Crippen LogP contribution in [0, 0.1) is 0 Å². The molecule has 0 unspecified atom stereocenters. The Morgan fingerprint density at radius 1 is 1.14 bits per heavy atom. The third kappa shape index (κ3) is 1.43. The van der Waals surface area contributed by atoms with Crippen LogP contribution in [0.25, 0.3) is 10.9 Å². The molecule has 2 rings (SSSR count). The fraction of sp³-hybridized carbons (Fsp3) is 0.250. The van der Waals surface area contributed by atoms with E-state index in [-0.39, 0.29) is 5.56 Å². The van der Waals surface area contributed by atoms with Gasteiger partial charge in [0.1, 0.15) is 0 Å². The van der Waals surface area contributed by atoms with E-state index in [0.29, 0.717) is 0 Å². The highest BCUT2D eigenvalue weighted by molar-refractivity contribution is 5.78. The van der Waals surface area contributed by atoms with Gasteiger partial charge in [0.2, 0.25) is 0 Å². The standard InChI is InChI=1S/C12H13NO/c1-2-9-13-11-6-4-3-5-10(11)7-8-12(13)14/h3-8H,2,9H2,1H3. The average molecular weight is 187 g/mol. The molecule has 0 N–H and O–H groups in total. The summed E-state index contributed by atoms with van der Waals surface area (Å²) in [6.45, 7) is 2.87. The van der Waals surface area contributed by atoms with Gasteiger partial charge in [0, 0.05) is 12.6 Å². The summed E-state index contributed by atoms with van der Waals surface area (Å²) in [6, 6.07) is 11.5. The highest BCUT2D eigenvalue weighted by Crippen LogP contribution is 2.10. The van der Waals surface area contributed by atoms with Crippen molar-refractivity contribution in [2.45, 2.75) is 19.9 Å². The molecule has 72 valence electrons. The van der Waals surface area contributed by atoms with E-state index < -0.39 is 0 Å². The Morgan fingerprint density at radius 3 is 2.71 bits per heavy atom. The van der Waals surface area contributed by atoms with Gasteiger partial charge in [-0.15, -0.1) is 0 Å². The van der Waals surface area contributed by atoms with Gasteiger partial charge in [0.05, 0.1) is 5.52 Å². The summed E-state index contributed by atoms with van der Waals surface area (Å²) in [5.74, 6) is 0. The van der Waals surface area contributed by atoms with Crippen LogP contribution in [-0.2, 0) is 6.54 Å². The fourth-order valence-corrected chi connectivity index (χ4v) is 1.70. The lowest BCUT2D eigenvalue weighted by Gasteiger charge is -2.07. The molecule has 2 aromatic rings. The minimum atomic E-state index is 0.0885. The predicted molar refractivity (Wildman–Crippen MR) is 58.5 cm³/mol. The van der Waals surface area contributed by atoms with E-state index in [4.69, 9.17) is 0 Å². The van der Waals surface area contributed by atoms with Crippen LogP contribution in [0.5, 0.6) is 0 Å². The van der Waals surface area contributed by atoms with Crippen LogP contribution in [0.3, 0.4) is 0 Å². The van der Waals surface area contributed by atoms with Gasteiger partial charge in [-0.25, -0.2) is 0 Å². The third-order valence-corrected chi connectivity index (χ3v) is 2.35. The number of benzene rings is 1. The number of nitrogens with zero attached hydrogens (tertiary/aromatic N) is 1. The summed E-state index contributed by atoms with van der Waals surface area (Å²) in [4.78, 5) is 11.6. The van der Waals surface area contributed by atoms with Crippen molar-refractivity contribution < 1.29 is 0 Å². The lowest BCUT2D eigenvalue weighted by atomic mass is 10.2. The largest absolute Gasteiger partial charge is 0.308 e. The van der Waals surface area contributed by atoms with Crippen molar-refractivity contribution >= 4 is 10.9 Å². The zero-order valence-corrected chi connectivity index (χ0v) is 8.23. The van der Waals surface area contributed by atoms with Gasteiger partial charge in [-0.2, -0.15) is 0 Å². The van der Waals surface area contributed by atoms with E-state index in [0.717, 1.165) is 23.9 Å². The van der Waals surface area contributed by atoms with Gasteiger partial charge in [0.15, 0.2) is 0 Å². The molecule has 2 heteroatoms. The Morgan fingerprint density at radius 2 is 1.93 bits per heavy atom. The van der Waals surface area contributed by atoms with E-state index in [1.54, 1.807) is 6.07 Å². The minimum Gasteiger partial charge on any atom is -0.308 e. The second kappa shape index (κ2) is 3.66. The molecule has 0 atom stereocenters. The molecule has 0 fully saturated rings. The number of pyridine rings is 1. The Labute approximate surface area is 82.8 Å². The van der Waals surface area contributed by atoms with Crippen molar-refractivity contribution in [1.82, 2.24) is 4.57 Å². The zero-order valence-electron chi connectivity index (χ0n) is 8.23. The molecule has 1 heterocycles. The van der Waals surface area contributed by atoms with Gasteiger partial charge in [-0.05, 0) is 23.9 Å². The predicted octanol–water partition coefficient (Wildman–Crippen LogP) is 2.41. The Hall–Kier alpha value is -1.57. The number of hydrogen-bond acceptors (Lipinski definition) is 1. The molecule has 0 amide bonds. The van der Waals surface area contributed by atoms with Gasteiger partial charge in [-0.1, -0.05) is 25.1 Å². The van der Waals surface area contributed by atoms with Crippen LogP contribution < -0.4 is 5.56 Å². The molecular weight excluding hydrogens is 174 g/mol. The molecule has 0 aliphatic carbocycles. The Balaban J connectivity index is 2.76. The smallest absolute Gasteiger partial charge is 0.251 e. The average Bonchev–Trinajstić information content (AvgIpc) is 2.23. The Kier molecular flexibility index (Phi) is 2.35. The molecule has 0 aliphatic heterocycles. The van der Waals surface area contributed by atoms with Crippen molar-refractivity contribution in [3.05, 3.63) is 46.8 Å². The van der Waals surface area contributed by atoms with E-state index in [1.807, 2.05) is 34.9 Å². The van der Waals surface area contributed by atoms with E-state index in [9.17, 15) is 4.79 Å². The topological polar surface area (TPSA) is 22.0 Å². The first-order chi connectivity index (χ1) is 6.83. The van der Waals surface area contributed by atoms with Crippen molar-refractivity contribution in [2.75, 3.05) is 0 Å². The molecule has 2 nitrogen and oxygen atoms in total. The summed E-state index contributed by atoms with van der Waals surface area (Å²) in [5.41, 5.74) is 1.12. The number of rotatable bonds is 2. The van der Waals surface area contributed by atoms with Gasteiger partial charge in [-0.3, -0.25) is 4.79 Å². The lowest BCUT2D eigenvalue weighted by Crippen LogP contribution is -2.18. The SMILES string of the molecule is CCCn1c(=O)ccc2ccccc21. The normalized spacial score (nSPS) is 10.6. The van der Waals surface area contributed by atoms with Crippen LogP contribution in [0.4, 0.5) is 0 Å². The number of fused-ring (bicyclic) bond motifs is 1. The maximum Gasteiger partial charge on any atom is 0.251 e. The molecule has 1 aromatic carbocycles. The third-order valence-electron chi connectivity index (χ3n) is 2.35. The highest BCUT2D eigenvalue weighted by Gasteiger charge is 1.99. The van der Waals surface area contributed by atoms with Gasteiger partial charge in [0.25, 0.3) is 5.56 Å². The Bertz CT molecular complexity index is 499. The first-order valence-corrected chi connectivity index (χ1v) is 4.91. The summed E-state index contributed by atoms with van der Waals surface area (Å²) in [5, 5.41) is 1.13. The maximum absolute atomic E-state index is 11.6. The van der Waals surface area contributed by atoms with E-state index in [2.05, 4.69) is 6.92 Å².